The molecule has 0 amide bonds. The summed E-state index contributed by atoms with van der Waals surface area (Å²) in [7, 11) is 0. The van der Waals surface area contributed by atoms with Gasteiger partial charge in [0.05, 0.1) is 12.4 Å². The van der Waals surface area contributed by atoms with Gasteiger partial charge < -0.3 is 9.47 Å². The van der Waals surface area contributed by atoms with Crippen molar-refractivity contribution in [1.29, 1.82) is 0 Å². The topological polar surface area (TPSA) is 44.2 Å². The lowest BCUT2D eigenvalue weighted by Crippen LogP contribution is -2.16. The Morgan fingerprint density at radius 2 is 2.22 bits per heavy atom. The molecule has 0 bridgehead atoms. The van der Waals surface area contributed by atoms with E-state index < -0.39 is 0 Å². The van der Waals surface area contributed by atoms with Crippen LogP contribution in [-0.4, -0.2) is 41.3 Å². The molecule has 6 heteroatoms. The molecule has 1 aromatic rings. The molecule has 1 unspecified atom stereocenters. The van der Waals surface area contributed by atoms with E-state index in [0.717, 1.165) is 6.42 Å². The molecule has 4 nitrogen and oxygen atoms in total. The smallest absolute Gasteiger partial charge is 0.155 e. The van der Waals surface area contributed by atoms with Gasteiger partial charge in [-0.15, -0.1) is 0 Å². The van der Waals surface area contributed by atoms with Crippen LogP contribution in [0.15, 0.2) is 18.7 Å². The molecule has 0 N–H and O–H groups in total. The zero-order valence-electron chi connectivity index (χ0n) is 10.1. The fourth-order valence-electron chi connectivity index (χ4n) is 1.18. The molecule has 1 rings (SSSR count). The Morgan fingerprint density at radius 1 is 1.44 bits per heavy atom. The van der Waals surface area contributed by atoms with Crippen LogP contribution in [0, 0.1) is 9.85 Å². The van der Waals surface area contributed by atoms with Crippen LogP contribution in [0.25, 0.3) is 0 Å². The van der Waals surface area contributed by atoms with Crippen LogP contribution in [0.4, 0.5) is 0 Å². The molecule has 1 aromatic heterocycles. The number of rotatable bonds is 8. The van der Waals surface area contributed by atoms with E-state index in [1.165, 1.54) is 6.33 Å². The first-order valence-corrected chi connectivity index (χ1v) is 7.80. The molecular formula is C12H15IN2O2S. The number of halogens is 1. The van der Waals surface area contributed by atoms with Crippen LogP contribution >= 0.6 is 34.4 Å². The van der Waals surface area contributed by atoms with E-state index in [2.05, 4.69) is 26.1 Å². The van der Waals surface area contributed by atoms with Crippen molar-refractivity contribution < 1.29 is 9.47 Å². The van der Waals surface area contributed by atoms with E-state index in [-0.39, 0.29) is 0 Å². The van der Waals surface area contributed by atoms with Gasteiger partial charge in [-0.25, -0.2) is 9.97 Å². The van der Waals surface area contributed by atoms with E-state index >= 15 is 0 Å². The first-order valence-electron chi connectivity index (χ1n) is 5.43. The molecule has 0 aromatic carbocycles. The van der Waals surface area contributed by atoms with Crippen LogP contribution < -0.4 is 4.74 Å². The van der Waals surface area contributed by atoms with Gasteiger partial charge in [0, 0.05) is 34.4 Å². The summed E-state index contributed by atoms with van der Waals surface area (Å²) >= 11 is 3.77. The minimum atomic E-state index is 0.401. The summed E-state index contributed by atoms with van der Waals surface area (Å²) in [4.78, 5) is 7.80. The highest BCUT2D eigenvalue weighted by Crippen LogP contribution is 2.14. The van der Waals surface area contributed by atoms with Crippen molar-refractivity contribution >= 4 is 34.4 Å². The lowest BCUT2D eigenvalue weighted by Gasteiger charge is -2.14. The molecule has 0 aliphatic heterocycles. The maximum Gasteiger partial charge on any atom is 0.155 e. The molecule has 0 saturated heterocycles. The summed E-state index contributed by atoms with van der Waals surface area (Å²) < 4.78 is 13.8. The van der Waals surface area contributed by atoms with Crippen molar-refractivity contribution in [2.45, 2.75) is 11.7 Å². The summed E-state index contributed by atoms with van der Waals surface area (Å²) in [6.07, 6.45) is 7.83. The van der Waals surface area contributed by atoms with Gasteiger partial charge in [-0.3, -0.25) is 0 Å². The Bertz CT molecular complexity index is 381. The Balaban J connectivity index is 2.18. The van der Waals surface area contributed by atoms with Crippen LogP contribution in [0.5, 0.6) is 5.75 Å². The number of hydrogen-bond acceptors (Lipinski definition) is 5. The highest BCUT2D eigenvalue weighted by molar-refractivity contribution is 14.1. The third kappa shape index (κ3) is 7.03. The third-order valence-electron chi connectivity index (χ3n) is 2.13. The fourth-order valence-corrected chi connectivity index (χ4v) is 1.88. The molecule has 0 saturated carbocycles. The van der Waals surface area contributed by atoms with Crippen molar-refractivity contribution in [2.75, 3.05) is 26.1 Å². The molecule has 0 aliphatic rings. The Morgan fingerprint density at radius 3 is 2.89 bits per heavy atom. The van der Waals surface area contributed by atoms with Crippen LogP contribution in [0.3, 0.4) is 0 Å². The van der Waals surface area contributed by atoms with Gasteiger partial charge >= 0.3 is 0 Å². The zero-order chi connectivity index (χ0) is 13.1. The number of ether oxygens (including phenoxy) is 2. The van der Waals surface area contributed by atoms with E-state index in [1.807, 2.05) is 22.6 Å². The van der Waals surface area contributed by atoms with Gasteiger partial charge in [-0.2, -0.15) is 11.8 Å². The maximum absolute atomic E-state index is 5.61. The van der Waals surface area contributed by atoms with Gasteiger partial charge in [-0.1, -0.05) is 5.92 Å². The first-order chi connectivity index (χ1) is 8.86. The van der Waals surface area contributed by atoms with E-state index in [0.29, 0.717) is 30.8 Å². The van der Waals surface area contributed by atoms with Crippen LogP contribution in [0.2, 0.25) is 0 Å². The van der Waals surface area contributed by atoms with Gasteiger partial charge in [0.2, 0.25) is 0 Å². The fraction of sp³-hybridized carbons (Fsp3) is 0.500. The number of aromatic nitrogens is 2. The summed E-state index contributed by atoms with van der Waals surface area (Å²) in [5, 5.41) is 0.401. The Labute approximate surface area is 125 Å². The third-order valence-corrected chi connectivity index (χ3v) is 3.55. The highest BCUT2D eigenvalue weighted by Gasteiger charge is 2.08. The van der Waals surface area contributed by atoms with Crippen LogP contribution in [-0.2, 0) is 4.74 Å². The summed E-state index contributed by atoms with van der Waals surface area (Å²) in [5.74, 6) is 3.56. The van der Waals surface area contributed by atoms with E-state index in [4.69, 9.17) is 9.47 Å². The van der Waals surface area contributed by atoms with Crippen molar-refractivity contribution in [3.8, 4) is 15.6 Å². The highest BCUT2D eigenvalue weighted by atomic mass is 127. The molecule has 1 atom stereocenters. The number of hydrogen-bond donors (Lipinski definition) is 0. The van der Waals surface area contributed by atoms with Crippen molar-refractivity contribution in [1.82, 2.24) is 9.97 Å². The second kappa shape index (κ2) is 10.4. The molecule has 0 spiro atoms. The van der Waals surface area contributed by atoms with Gasteiger partial charge in [0.15, 0.2) is 5.75 Å². The Kier molecular flexibility index (Phi) is 8.98. The second-order valence-electron chi connectivity index (χ2n) is 3.36. The monoisotopic (exact) mass is 378 g/mol. The Hall–Kier alpha value is -0.520. The molecule has 18 heavy (non-hydrogen) atoms. The summed E-state index contributed by atoms with van der Waals surface area (Å²) in [5.41, 5.74) is 0. The number of thioether (sulfide) groups is 1. The quantitative estimate of drug-likeness (QED) is 0.395. The van der Waals surface area contributed by atoms with Crippen molar-refractivity contribution in [2.24, 2.45) is 0 Å². The summed E-state index contributed by atoms with van der Waals surface area (Å²) in [6.45, 7) is 1.83. The van der Waals surface area contributed by atoms with Crippen LogP contribution in [0.1, 0.15) is 6.42 Å². The van der Waals surface area contributed by atoms with Crippen molar-refractivity contribution in [3.05, 3.63) is 18.7 Å². The molecule has 0 radical (unpaired) electrons. The summed E-state index contributed by atoms with van der Waals surface area (Å²) in [6, 6.07) is 0. The van der Waals surface area contributed by atoms with E-state index in [9.17, 15) is 0 Å². The molecular weight excluding hydrogens is 363 g/mol. The maximum atomic E-state index is 5.61. The molecule has 0 aliphatic carbocycles. The number of nitrogens with zero attached hydrogens (tertiary/aromatic N) is 2. The molecule has 0 fully saturated rings. The SMILES string of the molecule is CSC(CCOCC#CI)COc1cncnc1. The predicted octanol–water partition coefficient (Wildman–Crippen LogP) is 2.39. The average molecular weight is 378 g/mol. The standard InChI is InChI=1S/C12H15IN2O2S/c1-18-12(3-6-16-5-2-4-13)9-17-11-7-14-10-15-8-11/h7-8,10,12H,3,5-6,9H2,1H3. The van der Waals surface area contributed by atoms with Gasteiger partial charge in [0.25, 0.3) is 0 Å². The lowest BCUT2D eigenvalue weighted by molar-refractivity contribution is 0.158. The average Bonchev–Trinajstić information content (AvgIpc) is 2.43. The minimum Gasteiger partial charge on any atom is -0.489 e. The normalized spacial score (nSPS) is 11.4. The van der Waals surface area contributed by atoms with Gasteiger partial charge in [-0.05, 0) is 16.6 Å². The first kappa shape index (κ1) is 15.5. The second-order valence-corrected chi connectivity index (χ2v) is 5.03. The lowest BCUT2D eigenvalue weighted by atomic mass is 10.3. The largest absolute Gasteiger partial charge is 0.489 e. The predicted molar refractivity (Wildman–Crippen MR) is 82.1 cm³/mol. The zero-order valence-corrected chi connectivity index (χ0v) is 13.1. The van der Waals surface area contributed by atoms with Gasteiger partial charge in [0.1, 0.15) is 19.5 Å². The molecule has 98 valence electrons. The van der Waals surface area contributed by atoms with Crippen molar-refractivity contribution in [3.63, 3.8) is 0 Å². The molecule has 1 heterocycles. The van der Waals surface area contributed by atoms with E-state index in [1.54, 1.807) is 24.2 Å². The minimum absolute atomic E-state index is 0.401.